The molecule has 0 spiro atoms. The number of carbonyl (C=O) groups is 1. The quantitative estimate of drug-likeness (QED) is 0.671. The molecular weight excluding hydrogens is 284 g/mol. The summed E-state index contributed by atoms with van der Waals surface area (Å²) in [6.45, 7) is 0. The highest BCUT2D eigenvalue weighted by Crippen LogP contribution is 2.27. The molecule has 1 heterocycles. The molecule has 0 aliphatic heterocycles. The van der Waals surface area contributed by atoms with Crippen LogP contribution in [0.25, 0.3) is 0 Å². The Morgan fingerprint density at radius 2 is 2.11 bits per heavy atom. The molecule has 0 aliphatic carbocycles. The molecule has 2 aromatic rings. The highest BCUT2D eigenvalue weighted by Gasteiger charge is 2.08. The first-order chi connectivity index (χ1) is 9.16. The maximum atomic E-state index is 11.7. The third-order valence-electron chi connectivity index (χ3n) is 2.26. The number of anilines is 1. The van der Waals surface area contributed by atoms with Crippen LogP contribution in [-0.4, -0.2) is 21.8 Å². The zero-order valence-electron chi connectivity index (χ0n) is 9.84. The molecule has 0 fully saturated rings. The summed E-state index contributed by atoms with van der Waals surface area (Å²) in [6, 6.07) is 10.2. The Labute approximate surface area is 119 Å². The number of aromatic hydroxyl groups is 1. The number of carbonyl (C=O) groups excluding carboxylic acids is 1. The van der Waals surface area contributed by atoms with Crippen LogP contribution in [0.1, 0.15) is 0 Å². The normalized spacial score (nSPS) is 10.2. The van der Waals surface area contributed by atoms with Crippen molar-refractivity contribution >= 4 is 35.0 Å². The first-order valence-corrected chi connectivity index (χ1v) is 6.84. The van der Waals surface area contributed by atoms with Crippen molar-refractivity contribution < 1.29 is 9.90 Å². The van der Waals surface area contributed by atoms with Gasteiger partial charge < -0.3 is 10.4 Å². The van der Waals surface area contributed by atoms with E-state index in [2.05, 4.69) is 10.3 Å². The van der Waals surface area contributed by atoms with Crippen molar-refractivity contribution in [2.75, 3.05) is 11.1 Å². The van der Waals surface area contributed by atoms with E-state index in [1.54, 1.807) is 42.6 Å². The first-order valence-electron chi connectivity index (χ1n) is 5.48. The van der Waals surface area contributed by atoms with E-state index in [1.807, 2.05) is 0 Å². The van der Waals surface area contributed by atoms with Gasteiger partial charge >= 0.3 is 0 Å². The van der Waals surface area contributed by atoms with Crippen molar-refractivity contribution in [2.45, 2.75) is 4.90 Å². The zero-order valence-corrected chi connectivity index (χ0v) is 11.4. The summed E-state index contributed by atoms with van der Waals surface area (Å²) in [5.74, 6) is 0.144. The zero-order chi connectivity index (χ0) is 13.7. The number of pyridine rings is 1. The van der Waals surface area contributed by atoms with E-state index in [-0.39, 0.29) is 22.6 Å². The van der Waals surface area contributed by atoms with Crippen LogP contribution < -0.4 is 5.32 Å². The molecule has 2 rings (SSSR count). The van der Waals surface area contributed by atoms with Crippen molar-refractivity contribution in [3.8, 4) is 5.75 Å². The third-order valence-corrected chi connectivity index (χ3v) is 3.62. The van der Waals surface area contributed by atoms with Crippen LogP contribution in [0, 0.1) is 0 Å². The summed E-state index contributed by atoms with van der Waals surface area (Å²) in [7, 11) is 0. The monoisotopic (exact) mass is 294 g/mol. The molecule has 0 aliphatic rings. The second-order valence-corrected chi connectivity index (χ2v) is 5.02. The maximum absolute atomic E-state index is 11.7. The topological polar surface area (TPSA) is 62.2 Å². The molecule has 1 amide bonds. The van der Waals surface area contributed by atoms with Crippen LogP contribution >= 0.6 is 23.4 Å². The molecule has 0 radical (unpaired) electrons. The predicted octanol–water partition coefficient (Wildman–Crippen LogP) is 3.17. The Morgan fingerprint density at radius 1 is 1.32 bits per heavy atom. The molecule has 4 nitrogen and oxygen atoms in total. The number of thioether (sulfide) groups is 1. The van der Waals surface area contributed by atoms with E-state index in [0.29, 0.717) is 10.6 Å². The smallest absolute Gasteiger partial charge is 0.234 e. The fourth-order valence-corrected chi connectivity index (χ4v) is 2.30. The van der Waals surface area contributed by atoms with Crippen LogP contribution in [0.4, 0.5) is 5.69 Å². The first kappa shape index (κ1) is 13.7. The summed E-state index contributed by atoms with van der Waals surface area (Å²) >= 11 is 7.09. The van der Waals surface area contributed by atoms with Gasteiger partial charge in [-0.3, -0.25) is 4.79 Å². The van der Waals surface area contributed by atoms with Gasteiger partial charge in [-0.2, -0.15) is 0 Å². The van der Waals surface area contributed by atoms with Gasteiger partial charge in [-0.25, -0.2) is 4.98 Å². The number of nitrogens with one attached hydrogen (secondary N) is 1. The van der Waals surface area contributed by atoms with Gasteiger partial charge in [0.2, 0.25) is 5.91 Å². The molecule has 0 unspecified atom stereocenters. The standard InChI is InChI=1S/C13H11ClN2O2S/c14-13-9(4-3-7-15-13)16-12(18)8-19-11-6-2-1-5-10(11)17/h1-7,17H,8H2,(H,16,18). The number of amides is 1. The van der Waals surface area contributed by atoms with Crippen molar-refractivity contribution in [2.24, 2.45) is 0 Å². The molecule has 2 N–H and O–H groups in total. The predicted molar refractivity (Wildman–Crippen MR) is 76.7 cm³/mol. The lowest BCUT2D eigenvalue weighted by atomic mass is 10.3. The summed E-state index contributed by atoms with van der Waals surface area (Å²) in [6.07, 6.45) is 1.55. The van der Waals surface area contributed by atoms with Gasteiger partial charge in [0.1, 0.15) is 5.75 Å². The fourth-order valence-electron chi connectivity index (χ4n) is 1.39. The highest BCUT2D eigenvalue weighted by molar-refractivity contribution is 8.00. The molecule has 1 aromatic heterocycles. The van der Waals surface area contributed by atoms with Crippen molar-refractivity contribution in [1.82, 2.24) is 4.98 Å². The minimum atomic E-state index is -0.205. The number of hydrogen-bond acceptors (Lipinski definition) is 4. The van der Waals surface area contributed by atoms with Gasteiger partial charge in [0.05, 0.1) is 11.4 Å². The Balaban J connectivity index is 1.92. The van der Waals surface area contributed by atoms with E-state index in [9.17, 15) is 9.90 Å². The van der Waals surface area contributed by atoms with Crippen molar-refractivity contribution in [1.29, 1.82) is 0 Å². The summed E-state index contributed by atoms with van der Waals surface area (Å²) in [5.41, 5.74) is 0.479. The largest absolute Gasteiger partial charge is 0.507 e. The third kappa shape index (κ3) is 3.87. The number of rotatable bonds is 4. The molecule has 6 heteroatoms. The van der Waals surface area contributed by atoms with Gasteiger partial charge in [0, 0.05) is 11.1 Å². The van der Waals surface area contributed by atoms with Crippen LogP contribution in [-0.2, 0) is 4.79 Å². The lowest BCUT2D eigenvalue weighted by molar-refractivity contribution is -0.113. The number of nitrogens with zero attached hydrogens (tertiary/aromatic N) is 1. The number of halogens is 1. The fraction of sp³-hybridized carbons (Fsp3) is 0.0769. The SMILES string of the molecule is O=C(CSc1ccccc1O)Nc1cccnc1Cl. The molecule has 0 saturated heterocycles. The van der Waals surface area contributed by atoms with Crippen LogP contribution in [0.3, 0.4) is 0 Å². The lowest BCUT2D eigenvalue weighted by Crippen LogP contribution is -2.14. The number of hydrogen-bond donors (Lipinski definition) is 2. The van der Waals surface area contributed by atoms with Gasteiger partial charge in [-0.1, -0.05) is 23.7 Å². The Kier molecular flexibility index (Phi) is 4.65. The van der Waals surface area contributed by atoms with Crippen LogP contribution in [0.5, 0.6) is 5.75 Å². The number of benzene rings is 1. The van der Waals surface area contributed by atoms with Gasteiger partial charge in [-0.05, 0) is 24.3 Å². The van der Waals surface area contributed by atoms with Crippen molar-refractivity contribution in [3.05, 3.63) is 47.7 Å². The number of para-hydroxylation sites is 1. The summed E-state index contributed by atoms with van der Waals surface area (Å²) in [5, 5.41) is 12.5. The molecule has 19 heavy (non-hydrogen) atoms. The van der Waals surface area contributed by atoms with E-state index in [4.69, 9.17) is 11.6 Å². The minimum Gasteiger partial charge on any atom is -0.507 e. The number of phenolic OH excluding ortho intramolecular Hbond substituents is 1. The van der Waals surface area contributed by atoms with E-state index >= 15 is 0 Å². The van der Waals surface area contributed by atoms with E-state index in [0.717, 1.165) is 0 Å². The average Bonchev–Trinajstić information content (AvgIpc) is 2.40. The van der Waals surface area contributed by atoms with Crippen molar-refractivity contribution in [3.63, 3.8) is 0 Å². The van der Waals surface area contributed by atoms with E-state index < -0.39 is 0 Å². The molecule has 0 saturated carbocycles. The van der Waals surface area contributed by atoms with E-state index in [1.165, 1.54) is 11.8 Å². The Hall–Kier alpha value is -1.72. The molecule has 98 valence electrons. The minimum absolute atomic E-state index is 0.166. The van der Waals surface area contributed by atoms with Gasteiger partial charge in [0.25, 0.3) is 0 Å². The number of phenols is 1. The van der Waals surface area contributed by atoms with Crippen LogP contribution in [0.2, 0.25) is 5.15 Å². The van der Waals surface area contributed by atoms with Crippen LogP contribution in [0.15, 0.2) is 47.5 Å². The molecule has 1 aromatic carbocycles. The summed E-state index contributed by atoms with van der Waals surface area (Å²) in [4.78, 5) is 16.3. The van der Waals surface area contributed by atoms with Gasteiger partial charge in [-0.15, -0.1) is 11.8 Å². The highest BCUT2D eigenvalue weighted by atomic mass is 35.5. The second kappa shape index (κ2) is 6.45. The Bertz CT molecular complexity index is 592. The van der Waals surface area contributed by atoms with Gasteiger partial charge in [0.15, 0.2) is 5.15 Å². The molecule has 0 bridgehead atoms. The molecule has 0 atom stereocenters. The summed E-state index contributed by atoms with van der Waals surface area (Å²) < 4.78 is 0. The Morgan fingerprint density at radius 3 is 2.84 bits per heavy atom. The lowest BCUT2D eigenvalue weighted by Gasteiger charge is -2.06. The maximum Gasteiger partial charge on any atom is 0.234 e. The molecular formula is C13H11ClN2O2S. The number of aromatic nitrogens is 1. The average molecular weight is 295 g/mol. The second-order valence-electron chi connectivity index (χ2n) is 3.65.